The Hall–Kier alpha value is -0.570. The molecule has 0 aromatic heterocycles. The van der Waals surface area contributed by atoms with Crippen molar-refractivity contribution in [3.05, 3.63) is 0 Å². The van der Waals surface area contributed by atoms with E-state index in [0.717, 1.165) is 38.5 Å². The highest BCUT2D eigenvalue weighted by Gasteiger charge is 2.04. The fourth-order valence-corrected chi connectivity index (χ4v) is 3.47. The van der Waals surface area contributed by atoms with Crippen LogP contribution in [0, 0.1) is 0 Å². The van der Waals surface area contributed by atoms with Crippen LogP contribution in [0.25, 0.3) is 0 Å². The highest BCUT2D eigenvalue weighted by atomic mass is 16.5. The maximum Gasteiger partial charge on any atom is 0.305 e. The molecule has 0 aromatic carbocycles. The van der Waals surface area contributed by atoms with Gasteiger partial charge >= 0.3 is 5.97 Å². The Kier molecular flexibility index (Phi) is 20.3. The maximum absolute atomic E-state index is 11.0. The summed E-state index contributed by atoms with van der Waals surface area (Å²) in [5.41, 5.74) is 0. The van der Waals surface area contributed by atoms with Crippen LogP contribution in [0.2, 0.25) is 0 Å². The van der Waals surface area contributed by atoms with E-state index in [1.54, 1.807) is 0 Å². The number of ether oxygens (including phenoxy) is 1. The molecular formula is C23H46O3. The molecule has 0 saturated heterocycles. The second kappa shape index (κ2) is 20.7. The van der Waals surface area contributed by atoms with E-state index >= 15 is 0 Å². The van der Waals surface area contributed by atoms with Crippen molar-refractivity contribution in [2.24, 2.45) is 0 Å². The number of carbonyl (C=O) groups is 1. The molecule has 0 amide bonds. The number of unbranched alkanes of at least 4 members (excludes halogenated alkanes) is 14. The summed E-state index contributed by atoms with van der Waals surface area (Å²) >= 11 is 0. The van der Waals surface area contributed by atoms with Crippen LogP contribution in [0.4, 0.5) is 0 Å². The largest absolute Gasteiger partial charge is 0.469 e. The first-order chi connectivity index (χ1) is 12.7. The fourth-order valence-electron chi connectivity index (χ4n) is 3.47. The first-order valence-corrected chi connectivity index (χ1v) is 11.5. The van der Waals surface area contributed by atoms with Gasteiger partial charge in [-0.2, -0.15) is 0 Å². The van der Waals surface area contributed by atoms with E-state index in [1.807, 2.05) is 0 Å². The van der Waals surface area contributed by atoms with Crippen molar-refractivity contribution in [3.63, 3.8) is 0 Å². The van der Waals surface area contributed by atoms with Gasteiger partial charge in [0.15, 0.2) is 0 Å². The van der Waals surface area contributed by atoms with Gasteiger partial charge in [-0.1, -0.05) is 103 Å². The molecule has 1 atom stereocenters. The molecule has 0 spiro atoms. The van der Waals surface area contributed by atoms with Gasteiger partial charge in [-0.3, -0.25) is 4.79 Å². The Bertz CT molecular complexity index is 291. The Morgan fingerprint density at radius 1 is 0.692 bits per heavy atom. The van der Waals surface area contributed by atoms with Gasteiger partial charge in [-0.05, 0) is 19.3 Å². The number of esters is 1. The minimum atomic E-state index is -0.126. The molecular weight excluding hydrogens is 324 g/mol. The lowest BCUT2D eigenvalue weighted by Crippen LogP contribution is -2.06. The molecule has 0 rings (SSSR count). The number of aliphatic hydroxyl groups excluding tert-OH is 1. The number of methoxy groups -OCH3 is 1. The first-order valence-electron chi connectivity index (χ1n) is 11.5. The fraction of sp³-hybridized carbons (Fsp3) is 0.957. The third-order valence-electron chi connectivity index (χ3n) is 5.29. The number of carbonyl (C=O) groups excluding carboxylic acids is 1. The SMILES string of the molecule is CCCCCCCCCCCCCCC(O)CCCCCCC(=O)OC. The summed E-state index contributed by atoms with van der Waals surface area (Å²) < 4.78 is 4.63. The number of hydrogen-bond acceptors (Lipinski definition) is 3. The van der Waals surface area contributed by atoms with Crippen LogP contribution in [0.5, 0.6) is 0 Å². The lowest BCUT2D eigenvalue weighted by molar-refractivity contribution is -0.140. The zero-order valence-corrected chi connectivity index (χ0v) is 17.8. The quantitative estimate of drug-likeness (QED) is 0.186. The zero-order valence-electron chi connectivity index (χ0n) is 17.8. The van der Waals surface area contributed by atoms with Gasteiger partial charge in [-0.15, -0.1) is 0 Å². The van der Waals surface area contributed by atoms with Crippen molar-refractivity contribution in [1.29, 1.82) is 0 Å². The average molecular weight is 371 g/mol. The van der Waals surface area contributed by atoms with E-state index in [9.17, 15) is 9.90 Å². The second-order valence-electron chi connectivity index (χ2n) is 7.86. The molecule has 0 fully saturated rings. The summed E-state index contributed by atoms with van der Waals surface area (Å²) in [5.74, 6) is -0.114. The predicted octanol–water partition coefficient (Wildman–Crippen LogP) is 6.95. The van der Waals surface area contributed by atoms with Gasteiger partial charge in [0.2, 0.25) is 0 Å². The van der Waals surface area contributed by atoms with E-state index in [1.165, 1.54) is 84.2 Å². The van der Waals surface area contributed by atoms with E-state index in [-0.39, 0.29) is 12.1 Å². The summed E-state index contributed by atoms with van der Waals surface area (Å²) in [4.78, 5) is 11.0. The molecule has 26 heavy (non-hydrogen) atoms. The third kappa shape index (κ3) is 19.8. The molecule has 3 heteroatoms. The van der Waals surface area contributed by atoms with Crippen molar-refractivity contribution >= 4 is 5.97 Å². The minimum Gasteiger partial charge on any atom is -0.469 e. The zero-order chi connectivity index (χ0) is 19.3. The maximum atomic E-state index is 11.0. The molecule has 0 saturated carbocycles. The Morgan fingerprint density at radius 2 is 1.08 bits per heavy atom. The Labute approximate surface area is 163 Å². The normalized spacial score (nSPS) is 12.3. The molecule has 0 aromatic rings. The van der Waals surface area contributed by atoms with E-state index < -0.39 is 0 Å². The van der Waals surface area contributed by atoms with Crippen LogP contribution in [-0.2, 0) is 9.53 Å². The van der Waals surface area contributed by atoms with Crippen LogP contribution in [0.3, 0.4) is 0 Å². The van der Waals surface area contributed by atoms with Crippen molar-refractivity contribution in [3.8, 4) is 0 Å². The van der Waals surface area contributed by atoms with Gasteiger partial charge in [-0.25, -0.2) is 0 Å². The van der Waals surface area contributed by atoms with Crippen LogP contribution >= 0.6 is 0 Å². The van der Waals surface area contributed by atoms with Gasteiger partial charge in [0.05, 0.1) is 13.2 Å². The van der Waals surface area contributed by atoms with Gasteiger partial charge in [0, 0.05) is 6.42 Å². The molecule has 1 N–H and O–H groups in total. The molecule has 156 valence electrons. The van der Waals surface area contributed by atoms with Crippen LogP contribution in [0.1, 0.15) is 129 Å². The molecule has 0 radical (unpaired) electrons. The minimum absolute atomic E-state index is 0.114. The third-order valence-corrected chi connectivity index (χ3v) is 5.29. The van der Waals surface area contributed by atoms with Crippen LogP contribution in [0.15, 0.2) is 0 Å². The average Bonchev–Trinajstić information content (AvgIpc) is 2.65. The number of aliphatic hydroxyl groups is 1. The molecule has 0 aliphatic carbocycles. The van der Waals surface area contributed by atoms with Gasteiger partial charge in [0.25, 0.3) is 0 Å². The summed E-state index contributed by atoms with van der Waals surface area (Å²) in [7, 11) is 1.44. The monoisotopic (exact) mass is 370 g/mol. The number of hydrogen-bond donors (Lipinski definition) is 1. The smallest absolute Gasteiger partial charge is 0.305 e. The molecule has 1 unspecified atom stereocenters. The summed E-state index contributed by atoms with van der Waals surface area (Å²) in [6, 6.07) is 0. The Balaban J connectivity index is 3.17. The lowest BCUT2D eigenvalue weighted by Gasteiger charge is -2.10. The van der Waals surface area contributed by atoms with Crippen molar-refractivity contribution in [2.75, 3.05) is 7.11 Å². The lowest BCUT2D eigenvalue weighted by atomic mass is 10.0. The molecule has 3 nitrogen and oxygen atoms in total. The number of rotatable bonds is 20. The molecule has 0 bridgehead atoms. The standard InChI is InChI=1S/C23H46O3/c1-3-4-5-6-7-8-9-10-11-12-13-16-19-22(24)20-17-14-15-18-21-23(25)26-2/h22,24H,3-21H2,1-2H3. The van der Waals surface area contributed by atoms with Crippen molar-refractivity contribution in [2.45, 2.75) is 135 Å². The van der Waals surface area contributed by atoms with Crippen LogP contribution in [-0.4, -0.2) is 24.3 Å². The molecule has 0 aliphatic rings. The topological polar surface area (TPSA) is 46.5 Å². The first kappa shape index (κ1) is 25.4. The van der Waals surface area contributed by atoms with E-state index in [2.05, 4.69) is 11.7 Å². The highest BCUT2D eigenvalue weighted by Crippen LogP contribution is 2.15. The molecule has 0 heterocycles. The summed E-state index contributed by atoms with van der Waals surface area (Å²) in [6.45, 7) is 2.27. The Morgan fingerprint density at radius 3 is 1.50 bits per heavy atom. The van der Waals surface area contributed by atoms with Crippen molar-refractivity contribution in [1.82, 2.24) is 0 Å². The van der Waals surface area contributed by atoms with Crippen molar-refractivity contribution < 1.29 is 14.6 Å². The van der Waals surface area contributed by atoms with Gasteiger partial charge < -0.3 is 9.84 Å². The summed E-state index contributed by atoms with van der Waals surface area (Å²) in [5, 5.41) is 10.0. The highest BCUT2D eigenvalue weighted by molar-refractivity contribution is 5.68. The predicted molar refractivity (Wildman–Crippen MR) is 111 cm³/mol. The van der Waals surface area contributed by atoms with Gasteiger partial charge in [0.1, 0.15) is 0 Å². The van der Waals surface area contributed by atoms with E-state index in [0.29, 0.717) is 6.42 Å². The second-order valence-corrected chi connectivity index (χ2v) is 7.86. The van der Waals surface area contributed by atoms with Crippen LogP contribution < -0.4 is 0 Å². The van der Waals surface area contributed by atoms with E-state index in [4.69, 9.17) is 0 Å². The summed E-state index contributed by atoms with van der Waals surface area (Å²) in [6.07, 6.45) is 22.8. The molecule has 0 aliphatic heterocycles.